The molecule has 3 heteroatoms. The van der Waals surface area contributed by atoms with Crippen LogP contribution in [0.1, 0.15) is 19.8 Å². The molecule has 0 aromatic rings. The van der Waals surface area contributed by atoms with Crippen molar-refractivity contribution in [2.75, 3.05) is 33.0 Å². The van der Waals surface area contributed by atoms with Crippen molar-refractivity contribution < 1.29 is 9.47 Å². The van der Waals surface area contributed by atoms with Crippen LogP contribution in [-0.4, -0.2) is 33.0 Å². The molecule has 0 saturated heterocycles. The Morgan fingerprint density at radius 1 is 1.00 bits per heavy atom. The Morgan fingerprint density at radius 3 is 2.18 bits per heavy atom. The van der Waals surface area contributed by atoms with E-state index in [9.17, 15) is 0 Å². The maximum atomic E-state index is 5.28. The van der Waals surface area contributed by atoms with E-state index in [1.807, 2.05) is 0 Å². The van der Waals surface area contributed by atoms with Gasteiger partial charge in [0.1, 0.15) is 0 Å². The lowest BCUT2D eigenvalue weighted by Crippen LogP contribution is -2.08. The van der Waals surface area contributed by atoms with Crippen LogP contribution in [0.5, 0.6) is 0 Å². The molecular formula is C8H19NO2. The van der Waals surface area contributed by atoms with Gasteiger partial charge in [-0.3, -0.25) is 0 Å². The van der Waals surface area contributed by atoms with Gasteiger partial charge < -0.3 is 15.2 Å². The second kappa shape index (κ2) is 9.88. The summed E-state index contributed by atoms with van der Waals surface area (Å²) in [7, 11) is 0. The fourth-order valence-electron chi connectivity index (χ4n) is 0.652. The van der Waals surface area contributed by atoms with Crippen molar-refractivity contribution in [1.82, 2.24) is 0 Å². The van der Waals surface area contributed by atoms with E-state index >= 15 is 0 Å². The second-order valence-corrected chi connectivity index (χ2v) is 2.37. The molecule has 0 amide bonds. The van der Waals surface area contributed by atoms with Crippen molar-refractivity contribution in [3.63, 3.8) is 0 Å². The van der Waals surface area contributed by atoms with Crippen molar-refractivity contribution in [2.24, 2.45) is 5.73 Å². The summed E-state index contributed by atoms with van der Waals surface area (Å²) in [6.07, 6.45) is 2.01. The van der Waals surface area contributed by atoms with Gasteiger partial charge in [0.2, 0.25) is 0 Å². The van der Waals surface area contributed by atoms with Gasteiger partial charge in [-0.1, -0.05) is 6.92 Å². The highest BCUT2D eigenvalue weighted by molar-refractivity contribution is 4.36. The van der Waals surface area contributed by atoms with Crippen LogP contribution in [0.15, 0.2) is 0 Å². The molecule has 0 aromatic carbocycles. The number of rotatable bonds is 8. The van der Waals surface area contributed by atoms with Crippen LogP contribution in [0.2, 0.25) is 0 Å². The summed E-state index contributed by atoms with van der Waals surface area (Å²) >= 11 is 0. The van der Waals surface area contributed by atoms with Crippen LogP contribution in [-0.2, 0) is 9.47 Å². The van der Waals surface area contributed by atoms with Gasteiger partial charge in [0.25, 0.3) is 0 Å². The predicted octanol–water partition coefficient (Wildman–Crippen LogP) is 0.778. The molecule has 0 unspecified atom stereocenters. The summed E-state index contributed by atoms with van der Waals surface area (Å²) in [6, 6.07) is 0. The van der Waals surface area contributed by atoms with Crippen molar-refractivity contribution in [2.45, 2.75) is 19.8 Å². The van der Waals surface area contributed by atoms with E-state index in [0.29, 0.717) is 19.8 Å². The third-order valence-electron chi connectivity index (χ3n) is 1.21. The molecule has 0 bridgehead atoms. The van der Waals surface area contributed by atoms with Gasteiger partial charge in [0, 0.05) is 13.2 Å². The van der Waals surface area contributed by atoms with Gasteiger partial charge in [-0.2, -0.15) is 0 Å². The molecule has 0 fully saturated rings. The molecule has 0 spiro atoms. The SMILES string of the molecule is CCCOCCOCCCN. The van der Waals surface area contributed by atoms with Gasteiger partial charge >= 0.3 is 0 Å². The number of hydrogen-bond acceptors (Lipinski definition) is 3. The Hall–Kier alpha value is -0.120. The monoisotopic (exact) mass is 161 g/mol. The summed E-state index contributed by atoms with van der Waals surface area (Å²) in [5.41, 5.74) is 5.28. The highest BCUT2D eigenvalue weighted by Crippen LogP contribution is 1.83. The maximum Gasteiger partial charge on any atom is 0.0700 e. The number of nitrogens with two attached hydrogens (primary N) is 1. The second-order valence-electron chi connectivity index (χ2n) is 2.37. The summed E-state index contributed by atoms with van der Waals surface area (Å²) in [5, 5.41) is 0. The molecule has 11 heavy (non-hydrogen) atoms. The third kappa shape index (κ3) is 9.88. The van der Waals surface area contributed by atoms with Gasteiger partial charge in [-0.25, -0.2) is 0 Å². The fourth-order valence-corrected chi connectivity index (χ4v) is 0.652. The summed E-state index contributed by atoms with van der Waals surface area (Å²) < 4.78 is 10.4. The Morgan fingerprint density at radius 2 is 1.64 bits per heavy atom. The quantitative estimate of drug-likeness (QED) is 0.535. The minimum absolute atomic E-state index is 0.694. The average molecular weight is 161 g/mol. The Labute approximate surface area is 68.9 Å². The first kappa shape index (κ1) is 10.9. The Kier molecular flexibility index (Phi) is 9.77. The zero-order valence-corrected chi connectivity index (χ0v) is 7.34. The first-order valence-electron chi connectivity index (χ1n) is 4.27. The zero-order valence-electron chi connectivity index (χ0n) is 7.34. The molecule has 0 aromatic heterocycles. The Balaban J connectivity index is 2.69. The first-order valence-corrected chi connectivity index (χ1v) is 4.27. The van der Waals surface area contributed by atoms with Gasteiger partial charge in [-0.05, 0) is 19.4 Å². The summed E-state index contributed by atoms with van der Waals surface area (Å²) in [4.78, 5) is 0. The molecule has 0 aliphatic carbocycles. The van der Waals surface area contributed by atoms with E-state index in [1.165, 1.54) is 0 Å². The third-order valence-corrected chi connectivity index (χ3v) is 1.21. The molecule has 0 radical (unpaired) electrons. The lowest BCUT2D eigenvalue weighted by atomic mass is 10.5. The molecular weight excluding hydrogens is 142 g/mol. The van der Waals surface area contributed by atoms with E-state index in [-0.39, 0.29) is 0 Å². The van der Waals surface area contributed by atoms with Crippen LogP contribution in [0.25, 0.3) is 0 Å². The van der Waals surface area contributed by atoms with Gasteiger partial charge in [0.05, 0.1) is 13.2 Å². The van der Waals surface area contributed by atoms with Gasteiger partial charge in [0.15, 0.2) is 0 Å². The van der Waals surface area contributed by atoms with Crippen molar-refractivity contribution >= 4 is 0 Å². The van der Waals surface area contributed by atoms with Crippen molar-refractivity contribution in [1.29, 1.82) is 0 Å². The topological polar surface area (TPSA) is 44.5 Å². The van der Waals surface area contributed by atoms with E-state index in [0.717, 1.165) is 26.1 Å². The van der Waals surface area contributed by atoms with E-state index in [4.69, 9.17) is 15.2 Å². The minimum Gasteiger partial charge on any atom is -0.379 e. The standard InChI is InChI=1S/C8H19NO2/c1-2-5-10-7-8-11-6-3-4-9/h2-9H2,1H3. The molecule has 0 saturated carbocycles. The predicted molar refractivity (Wildman–Crippen MR) is 45.6 cm³/mol. The highest BCUT2D eigenvalue weighted by Gasteiger charge is 1.87. The van der Waals surface area contributed by atoms with Crippen LogP contribution >= 0.6 is 0 Å². The highest BCUT2D eigenvalue weighted by atomic mass is 16.5. The van der Waals surface area contributed by atoms with E-state index in [2.05, 4.69) is 6.92 Å². The summed E-state index contributed by atoms with van der Waals surface area (Å²) in [6.45, 7) is 5.79. The van der Waals surface area contributed by atoms with Crippen LogP contribution in [0.3, 0.4) is 0 Å². The number of ether oxygens (including phenoxy) is 2. The van der Waals surface area contributed by atoms with E-state index in [1.54, 1.807) is 0 Å². The zero-order chi connectivity index (χ0) is 8.36. The van der Waals surface area contributed by atoms with Crippen LogP contribution in [0, 0.1) is 0 Å². The molecule has 0 aliphatic rings. The molecule has 0 aliphatic heterocycles. The summed E-state index contributed by atoms with van der Waals surface area (Å²) in [5.74, 6) is 0. The smallest absolute Gasteiger partial charge is 0.0700 e. The lowest BCUT2D eigenvalue weighted by molar-refractivity contribution is 0.0477. The molecule has 2 N–H and O–H groups in total. The van der Waals surface area contributed by atoms with Crippen LogP contribution < -0.4 is 5.73 Å². The molecule has 0 rings (SSSR count). The van der Waals surface area contributed by atoms with E-state index < -0.39 is 0 Å². The largest absolute Gasteiger partial charge is 0.379 e. The molecule has 0 heterocycles. The Bertz CT molecular complexity index is 61.1. The molecule has 68 valence electrons. The first-order chi connectivity index (χ1) is 5.41. The van der Waals surface area contributed by atoms with Crippen molar-refractivity contribution in [3.8, 4) is 0 Å². The van der Waals surface area contributed by atoms with Gasteiger partial charge in [-0.15, -0.1) is 0 Å². The molecule has 3 nitrogen and oxygen atoms in total. The number of hydrogen-bond donors (Lipinski definition) is 1. The molecule has 0 atom stereocenters. The normalized spacial score (nSPS) is 10.4. The fraction of sp³-hybridized carbons (Fsp3) is 1.00. The van der Waals surface area contributed by atoms with Crippen LogP contribution in [0.4, 0.5) is 0 Å². The minimum atomic E-state index is 0.694. The maximum absolute atomic E-state index is 5.28. The van der Waals surface area contributed by atoms with Crippen molar-refractivity contribution in [3.05, 3.63) is 0 Å². The lowest BCUT2D eigenvalue weighted by Gasteiger charge is -2.03. The average Bonchev–Trinajstić information content (AvgIpc) is 2.03.